The molecule has 2 fully saturated rings. The van der Waals surface area contributed by atoms with Crippen LogP contribution in [0.3, 0.4) is 0 Å². The van der Waals surface area contributed by atoms with Gasteiger partial charge in [0.15, 0.2) is 17.3 Å². The predicted molar refractivity (Wildman–Crippen MR) is 363 cm³/mol. The molecule has 0 aliphatic carbocycles. The Kier molecular flexibility index (Phi) is 27.3. The van der Waals surface area contributed by atoms with E-state index in [-0.39, 0.29) is 73.4 Å². The number of nitrogens with one attached hydrogen (secondary N) is 9. The summed E-state index contributed by atoms with van der Waals surface area (Å²) in [6.07, 6.45) is -5.56. The van der Waals surface area contributed by atoms with Crippen molar-refractivity contribution in [2.75, 3.05) is 43.9 Å². The Morgan fingerprint density at radius 1 is 0.776 bits per heavy atom. The van der Waals surface area contributed by atoms with Crippen LogP contribution in [-0.2, 0) is 80.1 Å². The fourth-order valence-corrected chi connectivity index (χ4v) is 14.8. The van der Waals surface area contributed by atoms with Crippen LogP contribution in [0.5, 0.6) is 0 Å². The Morgan fingerprint density at radius 3 is 2.11 bits per heavy atom. The smallest absolute Gasteiger partial charge is 0.243 e. The van der Waals surface area contributed by atoms with Gasteiger partial charge < -0.3 is 67.7 Å². The summed E-state index contributed by atoms with van der Waals surface area (Å²) in [4.78, 5) is 201. The highest BCUT2D eigenvalue weighted by molar-refractivity contribution is 8.02. The van der Waals surface area contributed by atoms with Crippen LogP contribution in [0.4, 0.5) is 5.69 Å². The molecule has 0 radical (unpaired) electrons. The third kappa shape index (κ3) is 20.8. The van der Waals surface area contributed by atoms with Gasteiger partial charge >= 0.3 is 0 Å². The van der Waals surface area contributed by atoms with Crippen LogP contribution in [0.15, 0.2) is 53.6 Å². The Morgan fingerprint density at radius 2 is 1.45 bits per heavy atom. The first-order valence-electron chi connectivity index (χ1n) is 33.3. The Hall–Kier alpha value is -8.06. The first-order chi connectivity index (χ1) is 46.2. The van der Waals surface area contributed by atoms with Gasteiger partial charge in [-0.3, -0.25) is 72.0 Å². The molecule has 11 amide bonds. The molecule has 0 spiro atoms. The predicted octanol–water partition coefficient (Wildman–Crippen LogP) is 1.09. The lowest BCUT2D eigenvalue weighted by Crippen LogP contribution is -2.56. The summed E-state index contributed by atoms with van der Waals surface area (Å²) >= 11 is 2.45. The number of nitrogens with zero attached hydrogens (tertiary/aromatic N) is 2. The zero-order valence-electron chi connectivity index (χ0n) is 56.8. The van der Waals surface area contributed by atoms with Crippen molar-refractivity contribution in [2.45, 2.75) is 184 Å². The average molecular weight is 1400 g/mol. The average Bonchev–Trinajstić information content (AvgIpc) is 1.64. The number of ketones is 3. The molecule has 30 heteroatoms. The van der Waals surface area contributed by atoms with E-state index < -0.39 is 193 Å². The third-order valence-electron chi connectivity index (χ3n) is 18.1. The van der Waals surface area contributed by atoms with Crippen molar-refractivity contribution in [3.8, 4) is 0 Å². The number of carbonyl (C=O) groups excluding carboxylic acids is 14. The van der Waals surface area contributed by atoms with E-state index in [1.807, 2.05) is 20.8 Å². The maximum Gasteiger partial charge on any atom is 0.243 e. The fourth-order valence-electron chi connectivity index (χ4n) is 12.3. The van der Waals surface area contributed by atoms with Crippen molar-refractivity contribution in [3.63, 3.8) is 0 Å². The van der Waals surface area contributed by atoms with Crippen LogP contribution < -0.4 is 42.5 Å². The van der Waals surface area contributed by atoms with Crippen LogP contribution in [0.2, 0.25) is 0 Å². The standard InChI is InChI=1S/C68H93N11O17S2/c1-10-35(4)59-64(94)71-29-55(88)73-46-33-97-65-44(43-13-11-12-14-45(43)74-65)22-39(62(92)70-30-56(89)76-59)23-50(84)60(37(6)51(85)32-80)77-63(93)47-26-42(81)31-79(47)66(95)40(24-48(46)82)25-54(87)69-28-38-15-17-41(18-16-38)72-61(91)36(5)21-49(83)58(34(2)3)75-53(86)19-20-78-57(90)27-52(67(78)96)98-68(7,8)9/h11-18,34-37,39-40,42,46-47,51-52,58-60,74,80-81,85H,10,19-33H2,1-9H3,(H,69,87)(H,70,92)(H,71,94)(H,72,91)(H,73,88)(H,75,86)(H,76,89)(H,77,93)/t35-,36+,37-,39+,40-,42+,46-,47-,51-,52?,58-,59-,60-/m0/s1. The Labute approximate surface area is 577 Å². The molecule has 98 heavy (non-hydrogen) atoms. The van der Waals surface area contributed by atoms with E-state index in [1.54, 1.807) is 83.1 Å². The van der Waals surface area contributed by atoms with Crippen molar-refractivity contribution in [1.82, 2.24) is 52.0 Å². The minimum Gasteiger partial charge on any atom is -0.394 e. The number of hydrogen-bond donors (Lipinski definition) is 12. The molecule has 28 nitrogen and oxygen atoms in total. The first-order valence-corrected chi connectivity index (χ1v) is 35.1. The van der Waals surface area contributed by atoms with Gasteiger partial charge in [0.05, 0.1) is 66.2 Å². The quantitative estimate of drug-likeness (QED) is 0.0705. The number of anilines is 1. The van der Waals surface area contributed by atoms with E-state index in [9.17, 15) is 72.9 Å². The molecule has 1 aromatic heterocycles. The number of likely N-dealkylation sites (tertiary alicyclic amines) is 1. The van der Waals surface area contributed by atoms with Gasteiger partial charge in [-0.15, -0.1) is 23.5 Å². The zero-order valence-corrected chi connectivity index (χ0v) is 58.4. The van der Waals surface area contributed by atoms with Gasteiger partial charge in [-0.05, 0) is 47.6 Å². The molecule has 4 aliphatic heterocycles. The van der Waals surface area contributed by atoms with E-state index in [4.69, 9.17) is 0 Å². The minimum atomic E-state index is -1.63. The first kappa shape index (κ1) is 77.3. The molecule has 2 aromatic carbocycles. The number of imide groups is 1. The summed E-state index contributed by atoms with van der Waals surface area (Å²) in [5, 5.41) is 54.1. The number of Topliss-reactive ketones (excluding diaryl/α,β-unsaturated/α-hetero) is 3. The van der Waals surface area contributed by atoms with Crippen molar-refractivity contribution < 1.29 is 82.4 Å². The number of rotatable bonds is 20. The molecule has 7 rings (SSSR count). The number of H-pyrrole nitrogens is 1. The number of fused-ring (bicyclic) bond motifs is 5. The number of amides is 11. The summed E-state index contributed by atoms with van der Waals surface area (Å²) in [7, 11) is 0. The van der Waals surface area contributed by atoms with Gasteiger partial charge in [-0.2, -0.15) is 0 Å². The maximum absolute atomic E-state index is 15.1. The molecule has 534 valence electrons. The lowest BCUT2D eigenvalue weighted by atomic mass is 9.85. The van der Waals surface area contributed by atoms with Crippen LogP contribution >= 0.6 is 23.5 Å². The van der Waals surface area contributed by atoms with Crippen LogP contribution in [0, 0.1) is 35.5 Å². The molecule has 1 unspecified atom stereocenters. The summed E-state index contributed by atoms with van der Waals surface area (Å²) in [5.74, 6) is -15.6. The summed E-state index contributed by atoms with van der Waals surface area (Å²) in [5.41, 5.74) is 1.92. The van der Waals surface area contributed by atoms with E-state index in [2.05, 4.69) is 47.5 Å². The van der Waals surface area contributed by atoms with E-state index >= 15 is 9.59 Å². The summed E-state index contributed by atoms with van der Waals surface area (Å²) < 4.78 is -0.261. The van der Waals surface area contributed by atoms with E-state index in [0.29, 0.717) is 39.2 Å². The van der Waals surface area contributed by atoms with E-state index in [1.165, 1.54) is 18.7 Å². The second kappa shape index (κ2) is 34.6. The second-order valence-electron chi connectivity index (χ2n) is 27.3. The normalized spacial score (nSPS) is 24.5. The van der Waals surface area contributed by atoms with Crippen molar-refractivity contribution in [3.05, 3.63) is 59.7 Å². The van der Waals surface area contributed by atoms with E-state index in [0.717, 1.165) is 21.6 Å². The van der Waals surface area contributed by atoms with Gasteiger partial charge in [0.2, 0.25) is 65.0 Å². The van der Waals surface area contributed by atoms with Gasteiger partial charge in [-0.25, -0.2) is 0 Å². The zero-order chi connectivity index (χ0) is 72.0. The summed E-state index contributed by atoms with van der Waals surface area (Å²) in [6, 6.07) is 6.52. The molecular weight excluding hydrogens is 1310 g/mol. The molecule has 12 N–H and O–H groups in total. The van der Waals surface area contributed by atoms with Crippen molar-refractivity contribution in [1.29, 1.82) is 0 Å². The number of carbonyl (C=O) groups is 14. The highest BCUT2D eigenvalue weighted by atomic mass is 32.2. The van der Waals surface area contributed by atoms with Crippen LogP contribution in [0.1, 0.15) is 125 Å². The highest BCUT2D eigenvalue weighted by Gasteiger charge is 2.46. The Balaban J connectivity index is 1.11. The van der Waals surface area contributed by atoms with Crippen molar-refractivity contribution >= 4 is 122 Å². The number of para-hydroxylation sites is 1. The molecule has 5 heterocycles. The summed E-state index contributed by atoms with van der Waals surface area (Å²) in [6.45, 7) is 12.8. The number of benzene rings is 2. The molecule has 2 saturated heterocycles. The number of aromatic nitrogens is 1. The number of aliphatic hydroxyl groups is 3. The minimum absolute atomic E-state index is 0.0408. The van der Waals surface area contributed by atoms with Crippen LogP contribution in [0.25, 0.3) is 10.9 Å². The topological polar surface area (TPSA) is 418 Å². The number of thioether (sulfide) groups is 2. The number of hydrogen-bond acceptors (Lipinski definition) is 19. The maximum atomic E-state index is 15.1. The number of aromatic amines is 1. The van der Waals surface area contributed by atoms with Gasteiger partial charge in [-0.1, -0.05) is 99.1 Å². The molecule has 3 aromatic rings. The molecule has 2 bridgehead atoms. The lowest BCUT2D eigenvalue weighted by Gasteiger charge is -2.32. The molecule has 13 atom stereocenters. The number of aliphatic hydroxyl groups excluding tert-OH is 3. The fraction of sp³-hybridized carbons (Fsp3) is 0.588. The highest BCUT2D eigenvalue weighted by Crippen LogP contribution is 2.36. The molecular formula is C68H93N11O17S2. The van der Waals surface area contributed by atoms with Gasteiger partial charge in [0, 0.05) is 109 Å². The lowest BCUT2D eigenvalue weighted by molar-refractivity contribution is -0.145. The van der Waals surface area contributed by atoms with Crippen molar-refractivity contribution in [2.24, 2.45) is 35.5 Å². The SMILES string of the molecule is CC[C@H](C)[C@@H]1NC(=O)CNC(=O)[C@H]2CC(=O)[C@H]([C@@H](C)[C@@H](O)CO)NC(=O)[C@@H]3C[C@@H](O)CN3C(=O)[C@H](CC(=O)NCc3ccc(NC(=O)[C@H](C)CC(=O)[C@@H](NC(=O)CCN4C(=O)CC(SC(C)(C)C)C4=O)C(C)C)cc3)CC(=O)[C@H](CSc3[nH]c4ccccc4c3C2)NC(=O)CNC1=O. The third-order valence-corrected chi connectivity index (χ3v) is 20.6. The van der Waals surface area contributed by atoms with Crippen LogP contribution in [-0.4, -0.2) is 203 Å². The largest absolute Gasteiger partial charge is 0.394 e. The Bertz CT molecular complexity index is 3500. The van der Waals surface area contributed by atoms with Gasteiger partial charge in [0.1, 0.15) is 12.1 Å². The molecule has 4 aliphatic rings. The second-order valence-corrected chi connectivity index (χ2v) is 30.3. The van der Waals surface area contributed by atoms with Gasteiger partial charge in [0.25, 0.3) is 0 Å². The molecule has 0 saturated carbocycles. The monoisotopic (exact) mass is 1400 g/mol.